The third-order valence-electron chi connectivity index (χ3n) is 7.21. The number of nitrogens with zero attached hydrogens (tertiary/aromatic N) is 2. The number of carbonyl (C=O) groups excluding carboxylic acids is 3. The van der Waals surface area contributed by atoms with Gasteiger partial charge < -0.3 is 15.5 Å². The summed E-state index contributed by atoms with van der Waals surface area (Å²) in [4.78, 5) is 42.8. The smallest absolute Gasteiger partial charge is 0.322 e. The Morgan fingerprint density at radius 1 is 1.03 bits per heavy atom. The first-order valence-corrected chi connectivity index (χ1v) is 13.5. The SMILES string of the molecule is CCN1C(=O)N[C@H](c2ccc(Cl)cc2Cl)C2=C1CN([C@H](C)C(=O)NCc1ccc(-c3ccccc3)cc1)C2=O. The van der Waals surface area contributed by atoms with Crippen LogP contribution in [0.15, 0.2) is 84.1 Å². The minimum atomic E-state index is -0.748. The second-order valence-corrected chi connectivity index (χ2v) is 10.4. The van der Waals surface area contributed by atoms with E-state index in [1.807, 2.05) is 61.5 Å². The minimum absolute atomic E-state index is 0.150. The Labute approximate surface area is 237 Å². The summed E-state index contributed by atoms with van der Waals surface area (Å²) < 4.78 is 0. The molecular formula is C30H28Cl2N4O3. The average Bonchev–Trinajstić information content (AvgIpc) is 3.28. The number of urea groups is 1. The average molecular weight is 563 g/mol. The number of amides is 4. The van der Waals surface area contributed by atoms with Crippen LogP contribution >= 0.6 is 23.2 Å². The third kappa shape index (κ3) is 5.24. The minimum Gasteiger partial charge on any atom is -0.350 e. The van der Waals surface area contributed by atoms with Crippen molar-refractivity contribution in [3.63, 3.8) is 0 Å². The summed E-state index contributed by atoms with van der Waals surface area (Å²) in [5, 5.41) is 6.65. The zero-order valence-electron chi connectivity index (χ0n) is 21.6. The Balaban J connectivity index is 1.30. The Morgan fingerprint density at radius 2 is 1.72 bits per heavy atom. The van der Waals surface area contributed by atoms with Crippen LogP contribution in [0.2, 0.25) is 10.0 Å². The van der Waals surface area contributed by atoms with Gasteiger partial charge in [0.05, 0.1) is 23.9 Å². The molecular weight excluding hydrogens is 535 g/mol. The first-order valence-electron chi connectivity index (χ1n) is 12.8. The fourth-order valence-electron chi connectivity index (χ4n) is 5.05. The van der Waals surface area contributed by atoms with Crippen LogP contribution < -0.4 is 10.6 Å². The molecule has 0 saturated carbocycles. The molecule has 0 aliphatic carbocycles. The molecule has 0 unspecified atom stereocenters. The van der Waals surface area contributed by atoms with Gasteiger partial charge in [-0.1, -0.05) is 83.9 Å². The number of likely N-dealkylation sites (N-methyl/N-ethyl adjacent to an activating group) is 1. The molecule has 7 nitrogen and oxygen atoms in total. The Hall–Kier alpha value is -3.81. The van der Waals surface area contributed by atoms with Gasteiger partial charge in [-0.3, -0.25) is 14.5 Å². The largest absolute Gasteiger partial charge is 0.350 e. The van der Waals surface area contributed by atoms with Crippen molar-refractivity contribution >= 4 is 41.0 Å². The number of benzene rings is 3. The van der Waals surface area contributed by atoms with Gasteiger partial charge in [0.2, 0.25) is 5.91 Å². The van der Waals surface area contributed by atoms with Gasteiger partial charge in [0.15, 0.2) is 0 Å². The van der Waals surface area contributed by atoms with E-state index in [-0.39, 0.29) is 24.4 Å². The molecule has 2 heterocycles. The number of hydrogen-bond acceptors (Lipinski definition) is 3. The molecule has 0 aromatic heterocycles. The van der Waals surface area contributed by atoms with Crippen molar-refractivity contribution in [3.05, 3.63) is 105 Å². The first-order chi connectivity index (χ1) is 18.8. The van der Waals surface area contributed by atoms with Crippen molar-refractivity contribution in [3.8, 4) is 11.1 Å². The van der Waals surface area contributed by atoms with Gasteiger partial charge in [-0.25, -0.2) is 4.79 Å². The molecule has 2 N–H and O–H groups in total. The van der Waals surface area contributed by atoms with Crippen LogP contribution in [0.4, 0.5) is 4.79 Å². The fraction of sp³-hybridized carbons (Fsp3) is 0.233. The van der Waals surface area contributed by atoms with Crippen molar-refractivity contribution in [2.75, 3.05) is 13.1 Å². The van der Waals surface area contributed by atoms with E-state index in [4.69, 9.17) is 23.2 Å². The summed E-state index contributed by atoms with van der Waals surface area (Å²) >= 11 is 12.5. The van der Waals surface area contributed by atoms with Gasteiger partial charge in [-0.15, -0.1) is 0 Å². The fourth-order valence-corrected chi connectivity index (χ4v) is 5.57. The van der Waals surface area contributed by atoms with Gasteiger partial charge in [-0.05, 0) is 48.2 Å². The lowest BCUT2D eigenvalue weighted by Crippen LogP contribution is -2.47. The highest BCUT2D eigenvalue weighted by Gasteiger charge is 2.46. The monoisotopic (exact) mass is 562 g/mol. The highest BCUT2D eigenvalue weighted by atomic mass is 35.5. The summed E-state index contributed by atoms with van der Waals surface area (Å²) in [5.41, 5.74) is 4.74. The van der Waals surface area contributed by atoms with E-state index in [1.165, 1.54) is 9.80 Å². The second kappa shape index (κ2) is 11.1. The number of nitrogens with one attached hydrogen (secondary N) is 2. The van der Waals surface area contributed by atoms with Crippen molar-refractivity contribution in [2.24, 2.45) is 0 Å². The Morgan fingerprint density at radius 3 is 2.38 bits per heavy atom. The van der Waals surface area contributed by atoms with Gasteiger partial charge in [-0.2, -0.15) is 0 Å². The van der Waals surface area contributed by atoms with Crippen LogP contribution in [-0.4, -0.2) is 46.8 Å². The van der Waals surface area contributed by atoms with Gasteiger partial charge in [0.1, 0.15) is 6.04 Å². The van der Waals surface area contributed by atoms with Gasteiger partial charge in [0.25, 0.3) is 5.91 Å². The van der Waals surface area contributed by atoms with E-state index in [2.05, 4.69) is 10.6 Å². The standard InChI is InChI=1S/C30H28Cl2N4O3/c1-3-35-25-17-36(29(38)26(25)27(34-30(35)39)23-14-13-22(31)15-24(23)32)18(2)28(37)33-16-19-9-11-21(12-10-19)20-7-5-4-6-8-20/h4-15,18,27H,3,16-17H2,1-2H3,(H,33,37)(H,34,39)/t18-,27-/m1/s1. The molecule has 4 amide bonds. The zero-order valence-corrected chi connectivity index (χ0v) is 23.1. The topological polar surface area (TPSA) is 81.8 Å². The van der Waals surface area contributed by atoms with E-state index in [9.17, 15) is 14.4 Å². The van der Waals surface area contributed by atoms with E-state index >= 15 is 0 Å². The summed E-state index contributed by atoms with van der Waals surface area (Å²) in [5.74, 6) is -0.590. The van der Waals surface area contributed by atoms with Crippen LogP contribution in [-0.2, 0) is 16.1 Å². The summed E-state index contributed by atoms with van der Waals surface area (Å²) in [6.07, 6.45) is 0. The quantitative estimate of drug-likeness (QED) is 0.396. The highest BCUT2D eigenvalue weighted by molar-refractivity contribution is 6.35. The highest BCUT2D eigenvalue weighted by Crippen LogP contribution is 2.39. The molecule has 0 spiro atoms. The molecule has 2 atom stereocenters. The van der Waals surface area contributed by atoms with Crippen molar-refractivity contribution in [2.45, 2.75) is 32.5 Å². The normalized spacial score (nSPS) is 17.7. The molecule has 3 aromatic carbocycles. The zero-order chi connectivity index (χ0) is 27.7. The number of carbonyl (C=O) groups is 3. The molecule has 39 heavy (non-hydrogen) atoms. The van der Waals surface area contributed by atoms with E-state index in [0.717, 1.165) is 16.7 Å². The predicted molar refractivity (Wildman–Crippen MR) is 152 cm³/mol. The molecule has 2 aliphatic rings. The molecule has 3 aromatic rings. The van der Waals surface area contributed by atoms with Crippen LogP contribution in [0.3, 0.4) is 0 Å². The molecule has 0 fully saturated rings. The van der Waals surface area contributed by atoms with Crippen molar-refractivity contribution < 1.29 is 14.4 Å². The maximum absolute atomic E-state index is 13.7. The van der Waals surface area contributed by atoms with Crippen molar-refractivity contribution in [1.82, 2.24) is 20.4 Å². The lowest BCUT2D eigenvalue weighted by atomic mass is 9.95. The maximum Gasteiger partial charge on any atom is 0.322 e. The number of rotatable bonds is 7. The second-order valence-electron chi connectivity index (χ2n) is 9.54. The molecule has 5 rings (SSSR count). The lowest BCUT2D eigenvalue weighted by Gasteiger charge is -2.33. The molecule has 0 saturated heterocycles. The molecule has 0 radical (unpaired) electrons. The summed E-state index contributed by atoms with van der Waals surface area (Å²) in [6.45, 7) is 4.40. The van der Waals surface area contributed by atoms with E-state index < -0.39 is 12.1 Å². The van der Waals surface area contributed by atoms with Gasteiger partial charge in [0, 0.05) is 23.1 Å². The molecule has 9 heteroatoms. The van der Waals surface area contributed by atoms with E-state index in [0.29, 0.717) is 40.0 Å². The van der Waals surface area contributed by atoms with Crippen LogP contribution in [0.25, 0.3) is 11.1 Å². The maximum atomic E-state index is 13.7. The predicted octanol–water partition coefficient (Wildman–Crippen LogP) is 5.55. The number of halogens is 2. The van der Waals surface area contributed by atoms with E-state index in [1.54, 1.807) is 25.1 Å². The van der Waals surface area contributed by atoms with Crippen molar-refractivity contribution in [1.29, 1.82) is 0 Å². The number of hydrogen-bond donors (Lipinski definition) is 2. The van der Waals surface area contributed by atoms with Crippen LogP contribution in [0.1, 0.15) is 31.0 Å². The summed E-state index contributed by atoms with van der Waals surface area (Å²) in [6, 6.07) is 21.2. The lowest BCUT2D eigenvalue weighted by molar-refractivity contribution is -0.135. The van der Waals surface area contributed by atoms with Crippen LogP contribution in [0, 0.1) is 0 Å². The molecule has 2 aliphatic heterocycles. The van der Waals surface area contributed by atoms with Crippen LogP contribution in [0.5, 0.6) is 0 Å². The Bertz CT molecular complexity index is 1460. The molecule has 0 bridgehead atoms. The third-order valence-corrected chi connectivity index (χ3v) is 7.78. The first kappa shape index (κ1) is 26.8. The molecule has 200 valence electrons. The Kier molecular flexibility index (Phi) is 7.64. The van der Waals surface area contributed by atoms with Gasteiger partial charge >= 0.3 is 6.03 Å². The summed E-state index contributed by atoms with van der Waals surface area (Å²) in [7, 11) is 0.